The minimum atomic E-state index is -0.896. The Balaban J connectivity index is 1.39. The number of carbonyl (C=O) groups excluding carboxylic acids is 1. The van der Waals surface area contributed by atoms with E-state index in [0.717, 1.165) is 11.3 Å². The molecule has 1 atom stereocenters. The lowest BCUT2D eigenvalue weighted by Gasteiger charge is -2.40. The van der Waals surface area contributed by atoms with Crippen LogP contribution in [-0.4, -0.2) is 64.9 Å². The summed E-state index contributed by atoms with van der Waals surface area (Å²) in [6.07, 6.45) is 5.19. The molecule has 8 heteroatoms. The van der Waals surface area contributed by atoms with Gasteiger partial charge in [0.1, 0.15) is 5.82 Å². The molecule has 7 nitrogen and oxygen atoms in total. The molecule has 1 amide bonds. The van der Waals surface area contributed by atoms with Gasteiger partial charge in [0, 0.05) is 50.2 Å². The molecule has 5 rings (SSSR count). The highest BCUT2D eigenvalue weighted by Crippen LogP contribution is 2.38. The van der Waals surface area contributed by atoms with Crippen molar-refractivity contribution in [2.75, 3.05) is 39.5 Å². The maximum atomic E-state index is 14.8. The van der Waals surface area contributed by atoms with Gasteiger partial charge < -0.3 is 14.4 Å². The Morgan fingerprint density at radius 2 is 1.97 bits per heavy atom. The van der Waals surface area contributed by atoms with Crippen LogP contribution in [0, 0.1) is 11.7 Å². The molecule has 0 radical (unpaired) electrons. The smallest absolute Gasteiger partial charge is 0.233 e. The quantitative estimate of drug-likeness (QED) is 0.627. The summed E-state index contributed by atoms with van der Waals surface area (Å²) < 4.78 is 28.0. The molecule has 0 spiro atoms. The highest BCUT2D eigenvalue weighted by Gasteiger charge is 2.46. The Morgan fingerprint density at radius 3 is 2.81 bits per heavy atom. The zero-order chi connectivity index (χ0) is 22.0. The normalized spacial score (nSPS) is 21.4. The summed E-state index contributed by atoms with van der Waals surface area (Å²) >= 11 is 0. The Hall–Kier alpha value is -2.84. The molecule has 32 heavy (non-hydrogen) atoms. The largest absolute Gasteiger partial charge is 0.381 e. The van der Waals surface area contributed by atoms with Gasteiger partial charge in [0.05, 0.1) is 24.3 Å². The lowest BCUT2D eigenvalue weighted by atomic mass is 9.72. The van der Waals surface area contributed by atoms with E-state index in [0.29, 0.717) is 64.3 Å². The van der Waals surface area contributed by atoms with Crippen molar-refractivity contribution in [2.24, 2.45) is 5.92 Å². The number of aromatic nitrogens is 3. The van der Waals surface area contributed by atoms with Gasteiger partial charge in [0.15, 0.2) is 5.65 Å². The van der Waals surface area contributed by atoms with E-state index in [1.807, 2.05) is 23.2 Å². The van der Waals surface area contributed by atoms with Gasteiger partial charge in [0.25, 0.3) is 0 Å². The SMILES string of the molecule is O=C(N1CCOCC(Cc2ccc3nccn3n2)C1)C1(c2ccccc2F)CCOCC1. The Morgan fingerprint density at radius 1 is 1.12 bits per heavy atom. The van der Waals surface area contributed by atoms with Crippen LogP contribution in [-0.2, 0) is 26.1 Å². The molecule has 168 valence electrons. The predicted molar refractivity (Wildman–Crippen MR) is 116 cm³/mol. The summed E-state index contributed by atoms with van der Waals surface area (Å²) in [7, 11) is 0. The van der Waals surface area contributed by atoms with Crippen LogP contribution < -0.4 is 0 Å². The Bertz CT molecular complexity index is 1100. The standard InChI is InChI=1S/C24H27FN4O3/c25-21-4-2-1-3-20(21)24(7-12-31-13-8-24)23(30)28-11-14-32-17-18(16-28)15-19-5-6-22-26-9-10-29(22)27-19/h1-6,9-10,18H,7-8,11-17H2. The van der Waals surface area contributed by atoms with Crippen molar-refractivity contribution in [1.29, 1.82) is 0 Å². The first kappa shape index (κ1) is 21.0. The molecule has 2 aromatic heterocycles. The van der Waals surface area contributed by atoms with Crippen LogP contribution in [0.25, 0.3) is 5.65 Å². The summed E-state index contributed by atoms with van der Waals surface area (Å²) in [4.78, 5) is 20.0. The number of ether oxygens (including phenoxy) is 2. The minimum absolute atomic E-state index is 0.0283. The van der Waals surface area contributed by atoms with E-state index in [1.165, 1.54) is 6.07 Å². The second kappa shape index (κ2) is 8.96. The fourth-order valence-electron chi connectivity index (χ4n) is 4.92. The van der Waals surface area contributed by atoms with Gasteiger partial charge in [-0.25, -0.2) is 13.9 Å². The third-order valence-electron chi connectivity index (χ3n) is 6.58. The van der Waals surface area contributed by atoms with Crippen molar-refractivity contribution in [3.05, 3.63) is 65.9 Å². The number of nitrogens with zero attached hydrogens (tertiary/aromatic N) is 4. The van der Waals surface area contributed by atoms with Crippen LogP contribution in [0.5, 0.6) is 0 Å². The number of fused-ring (bicyclic) bond motifs is 1. The molecule has 2 fully saturated rings. The fraction of sp³-hybridized carbons (Fsp3) is 0.458. The number of benzene rings is 1. The number of carbonyl (C=O) groups is 1. The number of halogens is 1. The first-order valence-electron chi connectivity index (χ1n) is 11.1. The number of amides is 1. The van der Waals surface area contributed by atoms with E-state index in [-0.39, 0.29) is 17.6 Å². The Kier molecular flexibility index (Phi) is 5.89. The van der Waals surface area contributed by atoms with Crippen molar-refractivity contribution < 1.29 is 18.7 Å². The lowest BCUT2D eigenvalue weighted by molar-refractivity contribution is -0.142. The summed E-state index contributed by atoms with van der Waals surface area (Å²) in [5.41, 5.74) is 1.30. The molecule has 4 heterocycles. The van der Waals surface area contributed by atoms with Crippen LogP contribution in [0.4, 0.5) is 4.39 Å². The molecule has 0 N–H and O–H groups in total. The average Bonchev–Trinajstić information content (AvgIpc) is 3.16. The summed E-state index contributed by atoms with van der Waals surface area (Å²) in [5, 5.41) is 4.62. The van der Waals surface area contributed by atoms with Crippen molar-refractivity contribution in [3.63, 3.8) is 0 Å². The molecular weight excluding hydrogens is 411 g/mol. The summed E-state index contributed by atoms with van der Waals surface area (Å²) in [6.45, 7) is 2.98. The second-order valence-corrected chi connectivity index (χ2v) is 8.63. The lowest BCUT2D eigenvalue weighted by Crippen LogP contribution is -2.51. The average molecular weight is 439 g/mol. The number of rotatable bonds is 4. The van der Waals surface area contributed by atoms with E-state index >= 15 is 0 Å². The molecule has 2 aliphatic rings. The van der Waals surface area contributed by atoms with E-state index in [2.05, 4.69) is 10.1 Å². The minimum Gasteiger partial charge on any atom is -0.381 e. The van der Waals surface area contributed by atoms with Crippen LogP contribution in [0.2, 0.25) is 0 Å². The van der Waals surface area contributed by atoms with Gasteiger partial charge in [-0.1, -0.05) is 18.2 Å². The number of hydrogen-bond donors (Lipinski definition) is 0. The van der Waals surface area contributed by atoms with Crippen molar-refractivity contribution in [1.82, 2.24) is 19.5 Å². The topological polar surface area (TPSA) is 69.0 Å². The van der Waals surface area contributed by atoms with Gasteiger partial charge in [-0.3, -0.25) is 4.79 Å². The van der Waals surface area contributed by atoms with Crippen LogP contribution in [0.15, 0.2) is 48.8 Å². The summed E-state index contributed by atoms with van der Waals surface area (Å²) in [5.74, 6) is -0.255. The van der Waals surface area contributed by atoms with Gasteiger partial charge in [0.2, 0.25) is 5.91 Å². The molecule has 1 aromatic carbocycles. The maximum Gasteiger partial charge on any atom is 0.233 e. The van der Waals surface area contributed by atoms with Crippen molar-refractivity contribution >= 4 is 11.6 Å². The second-order valence-electron chi connectivity index (χ2n) is 8.63. The van der Waals surface area contributed by atoms with E-state index in [9.17, 15) is 9.18 Å². The third-order valence-corrected chi connectivity index (χ3v) is 6.58. The highest BCUT2D eigenvalue weighted by atomic mass is 19.1. The van der Waals surface area contributed by atoms with Crippen LogP contribution in [0.1, 0.15) is 24.1 Å². The van der Waals surface area contributed by atoms with E-state index in [1.54, 1.807) is 28.9 Å². The van der Waals surface area contributed by atoms with Crippen LogP contribution in [0.3, 0.4) is 0 Å². The van der Waals surface area contributed by atoms with E-state index < -0.39 is 5.41 Å². The Labute approximate surface area is 186 Å². The molecule has 2 aliphatic heterocycles. The summed E-state index contributed by atoms with van der Waals surface area (Å²) in [6, 6.07) is 10.6. The first-order chi connectivity index (χ1) is 15.7. The molecule has 3 aromatic rings. The molecule has 0 bridgehead atoms. The van der Waals surface area contributed by atoms with Gasteiger partial charge in [-0.2, -0.15) is 5.10 Å². The monoisotopic (exact) mass is 438 g/mol. The first-order valence-corrected chi connectivity index (χ1v) is 11.1. The van der Waals surface area contributed by atoms with Gasteiger partial charge in [-0.15, -0.1) is 0 Å². The third kappa shape index (κ3) is 4.00. The predicted octanol–water partition coefficient (Wildman–Crippen LogP) is 2.63. The molecule has 2 saturated heterocycles. The van der Waals surface area contributed by atoms with Crippen LogP contribution >= 0.6 is 0 Å². The molecular formula is C24H27FN4O3. The van der Waals surface area contributed by atoms with Gasteiger partial charge in [-0.05, 0) is 37.5 Å². The molecule has 1 unspecified atom stereocenters. The number of hydrogen-bond acceptors (Lipinski definition) is 5. The number of imidazole rings is 1. The highest BCUT2D eigenvalue weighted by molar-refractivity contribution is 5.88. The zero-order valence-electron chi connectivity index (χ0n) is 18.0. The van der Waals surface area contributed by atoms with Gasteiger partial charge >= 0.3 is 0 Å². The molecule has 0 aliphatic carbocycles. The van der Waals surface area contributed by atoms with Crippen molar-refractivity contribution in [3.8, 4) is 0 Å². The molecule has 0 saturated carbocycles. The zero-order valence-corrected chi connectivity index (χ0v) is 18.0. The van der Waals surface area contributed by atoms with Crippen molar-refractivity contribution in [2.45, 2.75) is 24.7 Å². The van der Waals surface area contributed by atoms with E-state index in [4.69, 9.17) is 9.47 Å². The fourth-order valence-corrected chi connectivity index (χ4v) is 4.92. The maximum absolute atomic E-state index is 14.8.